The maximum absolute atomic E-state index is 9.01. The predicted octanol–water partition coefficient (Wildman–Crippen LogP) is 2.26. The van der Waals surface area contributed by atoms with Gasteiger partial charge in [0, 0.05) is 32.2 Å². The Morgan fingerprint density at radius 2 is 2.17 bits per heavy atom. The molecular weight excluding hydrogens is 250 g/mol. The summed E-state index contributed by atoms with van der Waals surface area (Å²) in [5.41, 5.74) is 1.79. The summed E-state index contributed by atoms with van der Waals surface area (Å²) < 4.78 is 0. The van der Waals surface area contributed by atoms with E-state index in [0.29, 0.717) is 22.9 Å². The summed E-state index contributed by atoms with van der Waals surface area (Å²) in [7, 11) is 1.92. The second-order valence-electron chi connectivity index (χ2n) is 4.02. The summed E-state index contributed by atoms with van der Waals surface area (Å²) in [6.07, 6.45) is 5.18. The smallest absolute Gasteiger partial charge is 0.147 e. The first-order chi connectivity index (χ1) is 8.70. The zero-order valence-electron chi connectivity index (χ0n) is 10.0. The molecule has 5 heteroatoms. The number of hydrogen-bond acceptors (Lipinski definition) is 4. The molecule has 94 valence electrons. The van der Waals surface area contributed by atoms with Crippen LogP contribution in [0, 0.1) is 0 Å². The third-order valence-electron chi connectivity index (χ3n) is 2.57. The molecule has 2 aromatic rings. The van der Waals surface area contributed by atoms with E-state index >= 15 is 0 Å². The van der Waals surface area contributed by atoms with E-state index in [1.807, 2.05) is 30.3 Å². The van der Waals surface area contributed by atoms with Crippen LogP contribution in [-0.4, -0.2) is 22.1 Å². The van der Waals surface area contributed by atoms with E-state index in [9.17, 15) is 0 Å². The number of halogens is 1. The van der Waals surface area contributed by atoms with E-state index in [4.69, 9.17) is 16.7 Å². The van der Waals surface area contributed by atoms with Crippen LogP contribution in [0.2, 0.25) is 5.02 Å². The van der Waals surface area contributed by atoms with Gasteiger partial charge in [-0.15, -0.1) is 0 Å². The van der Waals surface area contributed by atoms with Crippen LogP contribution in [0.25, 0.3) is 0 Å². The summed E-state index contributed by atoms with van der Waals surface area (Å²) in [6.45, 7) is 0.623. The quantitative estimate of drug-likeness (QED) is 0.919. The summed E-state index contributed by atoms with van der Waals surface area (Å²) in [5, 5.41) is 9.54. The maximum atomic E-state index is 9.01. The first-order valence-corrected chi connectivity index (χ1v) is 5.94. The van der Waals surface area contributed by atoms with Gasteiger partial charge < -0.3 is 10.0 Å². The molecular formula is C13H14ClN3O. The van der Waals surface area contributed by atoms with Crippen LogP contribution < -0.4 is 4.90 Å². The van der Waals surface area contributed by atoms with Crippen LogP contribution in [0.1, 0.15) is 11.1 Å². The molecule has 2 aromatic heterocycles. The Morgan fingerprint density at radius 1 is 1.33 bits per heavy atom. The van der Waals surface area contributed by atoms with Crippen molar-refractivity contribution in [2.45, 2.75) is 13.2 Å². The molecule has 0 saturated carbocycles. The second kappa shape index (κ2) is 5.80. The van der Waals surface area contributed by atoms with Crippen molar-refractivity contribution in [3.8, 4) is 0 Å². The third-order valence-corrected chi connectivity index (χ3v) is 2.84. The maximum Gasteiger partial charge on any atom is 0.147 e. The van der Waals surface area contributed by atoms with E-state index in [2.05, 4.69) is 9.97 Å². The molecule has 0 aromatic carbocycles. The van der Waals surface area contributed by atoms with Gasteiger partial charge in [-0.3, -0.25) is 4.98 Å². The number of rotatable bonds is 4. The van der Waals surface area contributed by atoms with Gasteiger partial charge in [-0.2, -0.15) is 0 Å². The first-order valence-electron chi connectivity index (χ1n) is 5.56. The topological polar surface area (TPSA) is 49.2 Å². The number of hydrogen-bond donors (Lipinski definition) is 1. The average molecular weight is 264 g/mol. The zero-order valence-corrected chi connectivity index (χ0v) is 10.8. The molecule has 0 spiro atoms. The van der Waals surface area contributed by atoms with Gasteiger partial charge >= 0.3 is 0 Å². The average Bonchev–Trinajstić information content (AvgIpc) is 2.39. The largest absolute Gasteiger partial charge is 0.392 e. The standard InChI is InChI=1S/C13H14ClN3O/c1-17(8-10-3-2-4-15-6-10)13-12(14)5-11(9-18)7-16-13/h2-7,18H,8-9H2,1H3. The number of nitrogens with zero attached hydrogens (tertiary/aromatic N) is 3. The molecule has 18 heavy (non-hydrogen) atoms. The first kappa shape index (κ1) is 12.8. The van der Waals surface area contributed by atoms with Crippen molar-refractivity contribution in [1.29, 1.82) is 0 Å². The Balaban J connectivity index is 2.16. The van der Waals surface area contributed by atoms with Crippen molar-refractivity contribution in [3.05, 3.63) is 52.9 Å². The highest BCUT2D eigenvalue weighted by atomic mass is 35.5. The molecule has 0 atom stereocenters. The number of anilines is 1. The van der Waals surface area contributed by atoms with Crippen molar-refractivity contribution >= 4 is 17.4 Å². The number of aliphatic hydroxyl groups is 1. The molecule has 0 fully saturated rings. The minimum Gasteiger partial charge on any atom is -0.392 e. The Morgan fingerprint density at radius 3 is 2.78 bits per heavy atom. The predicted molar refractivity (Wildman–Crippen MR) is 71.5 cm³/mol. The van der Waals surface area contributed by atoms with E-state index < -0.39 is 0 Å². The summed E-state index contributed by atoms with van der Waals surface area (Å²) in [4.78, 5) is 10.3. The Labute approximate surface area is 111 Å². The fourth-order valence-electron chi connectivity index (χ4n) is 1.68. The number of aliphatic hydroxyl groups excluding tert-OH is 1. The highest BCUT2D eigenvalue weighted by Gasteiger charge is 2.09. The minimum atomic E-state index is -0.0562. The fourth-order valence-corrected chi connectivity index (χ4v) is 2.01. The molecule has 0 radical (unpaired) electrons. The van der Waals surface area contributed by atoms with E-state index in [1.165, 1.54) is 0 Å². The Kier molecular flexibility index (Phi) is 4.12. The Bertz CT molecular complexity index is 519. The molecule has 1 N–H and O–H groups in total. The van der Waals surface area contributed by atoms with Crippen LogP contribution in [-0.2, 0) is 13.2 Å². The van der Waals surface area contributed by atoms with Gasteiger partial charge in [0.05, 0.1) is 11.6 Å². The van der Waals surface area contributed by atoms with Crippen LogP contribution in [0.3, 0.4) is 0 Å². The van der Waals surface area contributed by atoms with E-state index in [0.717, 1.165) is 5.56 Å². The van der Waals surface area contributed by atoms with Crippen molar-refractivity contribution in [2.75, 3.05) is 11.9 Å². The van der Waals surface area contributed by atoms with E-state index in [1.54, 1.807) is 18.5 Å². The van der Waals surface area contributed by atoms with Gasteiger partial charge in [-0.25, -0.2) is 4.98 Å². The number of pyridine rings is 2. The molecule has 0 aliphatic heterocycles. The second-order valence-corrected chi connectivity index (χ2v) is 4.43. The Hall–Kier alpha value is -1.65. The molecule has 0 aliphatic rings. The van der Waals surface area contributed by atoms with Gasteiger partial charge in [-0.05, 0) is 23.3 Å². The van der Waals surface area contributed by atoms with Crippen LogP contribution >= 0.6 is 11.6 Å². The molecule has 0 bridgehead atoms. The molecule has 0 unspecified atom stereocenters. The SMILES string of the molecule is CN(Cc1cccnc1)c1ncc(CO)cc1Cl. The minimum absolute atomic E-state index is 0.0562. The van der Waals surface area contributed by atoms with Crippen molar-refractivity contribution in [3.63, 3.8) is 0 Å². The van der Waals surface area contributed by atoms with Gasteiger partial charge in [0.25, 0.3) is 0 Å². The van der Waals surface area contributed by atoms with Crippen molar-refractivity contribution in [2.24, 2.45) is 0 Å². The van der Waals surface area contributed by atoms with Gasteiger partial charge in [0.1, 0.15) is 5.82 Å². The van der Waals surface area contributed by atoms with E-state index in [-0.39, 0.29) is 6.61 Å². The third kappa shape index (κ3) is 2.97. The lowest BCUT2D eigenvalue weighted by Crippen LogP contribution is -2.18. The zero-order chi connectivity index (χ0) is 13.0. The molecule has 0 aliphatic carbocycles. The summed E-state index contributed by atoms with van der Waals surface area (Å²) in [6, 6.07) is 5.62. The van der Waals surface area contributed by atoms with Crippen LogP contribution in [0.4, 0.5) is 5.82 Å². The van der Waals surface area contributed by atoms with Crippen LogP contribution in [0.5, 0.6) is 0 Å². The molecule has 2 heterocycles. The highest BCUT2D eigenvalue weighted by molar-refractivity contribution is 6.33. The molecule has 4 nitrogen and oxygen atoms in total. The van der Waals surface area contributed by atoms with Gasteiger partial charge in [0.2, 0.25) is 0 Å². The molecule has 2 rings (SSSR count). The molecule has 0 saturated heterocycles. The van der Waals surface area contributed by atoms with Crippen molar-refractivity contribution < 1.29 is 5.11 Å². The lowest BCUT2D eigenvalue weighted by atomic mass is 10.2. The lowest BCUT2D eigenvalue weighted by Gasteiger charge is -2.19. The molecule has 0 amide bonds. The lowest BCUT2D eigenvalue weighted by molar-refractivity contribution is 0.281. The van der Waals surface area contributed by atoms with Crippen molar-refractivity contribution in [1.82, 2.24) is 9.97 Å². The summed E-state index contributed by atoms with van der Waals surface area (Å²) >= 11 is 6.14. The normalized spacial score (nSPS) is 10.4. The fraction of sp³-hybridized carbons (Fsp3) is 0.231. The summed E-state index contributed by atoms with van der Waals surface area (Å²) in [5.74, 6) is 0.692. The van der Waals surface area contributed by atoms with Gasteiger partial charge in [-0.1, -0.05) is 17.7 Å². The highest BCUT2D eigenvalue weighted by Crippen LogP contribution is 2.24. The van der Waals surface area contributed by atoms with Gasteiger partial charge in [0.15, 0.2) is 0 Å². The monoisotopic (exact) mass is 263 g/mol. The number of aromatic nitrogens is 2. The van der Waals surface area contributed by atoms with Crippen LogP contribution in [0.15, 0.2) is 36.8 Å².